The lowest BCUT2D eigenvalue weighted by Gasteiger charge is -2.33. The maximum atomic E-state index is 12.9. The third kappa shape index (κ3) is 7.46. The SMILES string of the molecule is CCCN(Cc1ccc(C)cc1)C(=O)CN1CCC(C(=O)NC(C)C(C)C)CC1. The van der Waals surface area contributed by atoms with Crippen molar-refractivity contribution >= 4 is 11.8 Å². The Kier molecular flexibility index (Phi) is 9.15. The lowest BCUT2D eigenvalue weighted by molar-refractivity contribution is -0.133. The van der Waals surface area contributed by atoms with E-state index < -0.39 is 0 Å². The first-order chi connectivity index (χ1) is 13.8. The van der Waals surface area contributed by atoms with Gasteiger partial charge in [-0.05, 0) is 57.7 Å². The van der Waals surface area contributed by atoms with Crippen molar-refractivity contribution in [2.24, 2.45) is 11.8 Å². The summed E-state index contributed by atoms with van der Waals surface area (Å²) in [5, 5.41) is 3.14. The molecule has 1 N–H and O–H groups in total. The molecule has 1 aromatic carbocycles. The molecular formula is C24H39N3O2. The van der Waals surface area contributed by atoms with E-state index in [1.807, 2.05) is 4.90 Å². The highest BCUT2D eigenvalue weighted by molar-refractivity contribution is 5.79. The first-order valence-electron chi connectivity index (χ1n) is 11.2. The maximum absolute atomic E-state index is 12.9. The Balaban J connectivity index is 1.83. The fourth-order valence-corrected chi connectivity index (χ4v) is 3.63. The highest BCUT2D eigenvalue weighted by Gasteiger charge is 2.27. The predicted molar refractivity (Wildman–Crippen MR) is 118 cm³/mol. The number of benzene rings is 1. The van der Waals surface area contributed by atoms with Crippen LogP contribution in [-0.4, -0.2) is 53.8 Å². The van der Waals surface area contributed by atoms with Crippen molar-refractivity contribution in [2.75, 3.05) is 26.2 Å². The van der Waals surface area contributed by atoms with Crippen molar-refractivity contribution in [3.8, 4) is 0 Å². The van der Waals surface area contributed by atoms with Gasteiger partial charge in [-0.25, -0.2) is 0 Å². The fraction of sp³-hybridized carbons (Fsp3) is 0.667. The molecule has 1 saturated heterocycles. The topological polar surface area (TPSA) is 52.7 Å². The molecular weight excluding hydrogens is 362 g/mol. The van der Waals surface area contributed by atoms with Gasteiger partial charge in [0.2, 0.25) is 11.8 Å². The standard InChI is InChI=1S/C24H39N3O2/c1-6-13-27(16-21-9-7-19(4)8-10-21)23(28)17-26-14-11-22(12-15-26)24(29)25-20(5)18(2)3/h7-10,18,20,22H,6,11-17H2,1-5H3,(H,25,29). The third-order valence-corrected chi connectivity index (χ3v) is 6.03. The molecule has 2 amide bonds. The van der Waals surface area contributed by atoms with Crippen LogP contribution >= 0.6 is 0 Å². The van der Waals surface area contributed by atoms with Gasteiger partial charge in [0, 0.05) is 25.0 Å². The minimum absolute atomic E-state index is 0.0712. The lowest BCUT2D eigenvalue weighted by Crippen LogP contribution is -2.47. The molecule has 0 aliphatic carbocycles. The van der Waals surface area contributed by atoms with Gasteiger partial charge >= 0.3 is 0 Å². The molecule has 0 bridgehead atoms. The van der Waals surface area contributed by atoms with Crippen LogP contribution in [0, 0.1) is 18.8 Å². The molecule has 0 spiro atoms. The average molecular weight is 402 g/mol. The molecule has 5 heteroatoms. The lowest BCUT2D eigenvalue weighted by atomic mass is 9.95. The van der Waals surface area contributed by atoms with Gasteiger partial charge in [-0.2, -0.15) is 0 Å². The van der Waals surface area contributed by atoms with Crippen LogP contribution in [0.3, 0.4) is 0 Å². The molecule has 1 unspecified atom stereocenters. The van der Waals surface area contributed by atoms with Gasteiger partial charge in [0.05, 0.1) is 6.54 Å². The number of likely N-dealkylation sites (tertiary alicyclic amines) is 1. The Hall–Kier alpha value is -1.88. The second-order valence-corrected chi connectivity index (χ2v) is 8.89. The molecule has 2 rings (SSSR count). The molecule has 1 aromatic rings. The van der Waals surface area contributed by atoms with E-state index in [1.54, 1.807) is 0 Å². The van der Waals surface area contributed by atoms with Crippen LogP contribution in [0.15, 0.2) is 24.3 Å². The molecule has 1 aliphatic heterocycles. The summed E-state index contributed by atoms with van der Waals surface area (Å²) < 4.78 is 0. The van der Waals surface area contributed by atoms with E-state index in [0.29, 0.717) is 19.0 Å². The first-order valence-corrected chi connectivity index (χ1v) is 11.2. The van der Waals surface area contributed by atoms with Crippen molar-refractivity contribution in [3.05, 3.63) is 35.4 Å². The summed E-state index contributed by atoms with van der Waals surface area (Å²) in [7, 11) is 0. The van der Waals surface area contributed by atoms with E-state index in [1.165, 1.54) is 11.1 Å². The second kappa shape index (κ2) is 11.3. The van der Waals surface area contributed by atoms with Gasteiger partial charge < -0.3 is 10.2 Å². The third-order valence-electron chi connectivity index (χ3n) is 6.03. The molecule has 0 saturated carbocycles. The zero-order chi connectivity index (χ0) is 21.4. The summed E-state index contributed by atoms with van der Waals surface area (Å²) in [4.78, 5) is 29.5. The van der Waals surface area contributed by atoms with Gasteiger partial charge in [0.1, 0.15) is 0 Å². The summed E-state index contributed by atoms with van der Waals surface area (Å²) in [5.41, 5.74) is 2.41. The number of amides is 2. The molecule has 1 aliphatic rings. The van der Waals surface area contributed by atoms with Crippen molar-refractivity contribution in [1.82, 2.24) is 15.1 Å². The van der Waals surface area contributed by atoms with Crippen LogP contribution in [0.1, 0.15) is 58.1 Å². The first kappa shape index (κ1) is 23.4. The van der Waals surface area contributed by atoms with Gasteiger partial charge in [0.15, 0.2) is 0 Å². The number of nitrogens with one attached hydrogen (secondary N) is 1. The summed E-state index contributed by atoms with van der Waals surface area (Å²) in [5.74, 6) is 0.865. The highest BCUT2D eigenvalue weighted by atomic mass is 16.2. The van der Waals surface area contributed by atoms with Crippen molar-refractivity contribution in [1.29, 1.82) is 0 Å². The quantitative estimate of drug-likeness (QED) is 0.688. The van der Waals surface area contributed by atoms with Crippen molar-refractivity contribution in [3.63, 3.8) is 0 Å². The highest BCUT2D eigenvalue weighted by Crippen LogP contribution is 2.18. The summed E-state index contributed by atoms with van der Waals surface area (Å²) >= 11 is 0. The van der Waals surface area contributed by atoms with Crippen LogP contribution < -0.4 is 5.32 Å². The van der Waals surface area contributed by atoms with Crippen LogP contribution in [0.2, 0.25) is 0 Å². The molecule has 1 atom stereocenters. The number of hydrogen-bond donors (Lipinski definition) is 1. The van der Waals surface area contributed by atoms with Gasteiger partial charge in [-0.3, -0.25) is 14.5 Å². The average Bonchev–Trinajstić information content (AvgIpc) is 2.69. The molecule has 1 fully saturated rings. The molecule has 5 nitrogen and oxygen atoms in total. The van der Waals surface area contributed by atoms with E-state index >= 15 is 0 Å². The zero-order valence-corrected chi connectivity index (χ0v) is 18.9. The number of nitrogens with zero attached hydrogens (tertiary/aromatic N) is 2. The maximum Gasteiger partial charge on any atom is 0.237 e. The largest absolute Gasteiger partial charge is 0.353 e. The summed E-state index contributed by atoms with van der Waals surface area (Å²) in [6, 6.07) is 8.60. The minimum atomic E-state index is 0.0712. The second-order valence-electron chi connectivity index (χ2n) is 8.89. The number of carbonyl (C=O) groups excluding carboxylic acids is 2. The van der Waals surface area contributed by atoms with E-state index in [0.717, 1.165) is 38.9 Å². The molecule has 1 heterocycles. The van der Waals surface area contributed by atoms with Gasteiger partial charge in [-0.1, -0.05) is 50.6 Å². The monoisotopic (exact) mass is 401 g/mol. The molecule has 162 valence electrons. The fourth-order valence-electron chi connectivity index (χ4n) is 3.63. The molecule has 0 aromatic heterocycles. The summed E-state index contributed by atoms with van der Waals surface area (Å²) in [6.45, 7) is 14.0. The Morgan fingerprint density at radius 3 is 2.31 bits per heavy atom. The normalized spacial score (nSPS) is 16.6. The number of aryl methyl sites for hydroxylation is 1. The van der Waals surface area contributed by atoms with E-state index in [4.69, 9.17) is 0 Å². The van der Waals surface area contributed by atoms with Crippen LogP contribution in [0.5, 0.6) is 0 Å². The van der Waals surface area contributed by atoms with Crippen LogP contribution in [0.25, 0.3) is 0 Å². The molecule has 29 heavy (non-hydrogen) atoms. The Morgan fingerprint density at radius 1 is 1.14 bits per heavy atom. The number of carbonyl (C=O) groups is 2. The van der Waals surface area contributed by atoms with Crippen molar-refractivity contribution in [2.45, 2.75) is 66.5 Å². The van der Waals surface area contributed by atoms with Gasteiger partial charge in [0.25, 0.3) is 0 Å². The van der Waals surface area contributed by atoms with Crippen molar-refractivity contribution < 1.29 is 9.59 Å². The Morgan fingerprint density at radius 2 is 1.76 bits per heavy atom. The zero-order valence-electron chi connectivity index (χ0n) is 18.9. The smallest absolute Gasteiger partial charge is 0.237 e. The number of hydrogen-bond acceptors (Lipinski definition) is 3. The Labute approximate surface area is 176 Å². The predicted octanol–water partition coefficient (Wildman–Crippen LogP) is 3.61. The minimum Gasteiger partial charge on any atom is -0.353 e. The van der Waals surface area contributed by atoms with E-state index in [-0.39, 0.29) is 23.8 Å². The van der Waals surface area contributed by atoms with E-state index in [9.17, 15) is 9.59 Å². The number of piperidine rings is 1. The van der Waals surface area contributed by atoms with Gasteiger partial charge in [-0.15, -0.1) is 0 Å². The molecule has 0 radical (unpaired) electrons. The van der Waals surface area contributed by atoms with E-state index in [2.05, 4.69) is 69.1 Å². The van der Waals surface area contributed by atoms with Crippen LogP contribution in [-0.2, 0) is 16.1 Å². The number of rotatable bonds is 9. The summed E-state index contributed by atoms with van der Waals surface area (Å²) in [6.07, 6.45) is 2.61. The Bertz CT molecular complexity index is 649. The van der Waals surface area contributed by atoms with Crippen LogP contribution in [0.4, 0.5) is 0 Å².